The Morgan fingerprint density at radius 2 is 1.88 bits per heavy atom. The number of carbonyl (C=O) groups is 4. The molecule has 3 amide bonds. The van der Waals surface area contributed by atoms with Crippen LogP contribution in [-0.4, -0.2) is 75.5 Å². The summed E-state index contributed by atoms with van der Waals surface area (Å²) in [7, 11) is 0. The van der Waals surface area contributed by atoms with Crippen molar-refractivity contribution in [2.24, 2.45) is 11.1 Å². The molecule has 1 aromatic rings. The molecule has 2 heterocycles. The van der Waals surface area contributed by atoms with Crippen LogP contribution < -0.4 is 10.6 Å². The third-order valence-electron chi connectivity index (χ3n) is 7.84. The molecule has 5 atom stereocenters. The Bertz CT molecular complexity index is 1230. The second-order valence-corrected chi connectivity index (χ2v) is 12.4. The van der Waals surface area contributed by atoms with Gasteiger partial charge in [-0.05, 0) is 58.9 Å². The van der Waals surface area contributed by atoms with Crippen molar-refractivity contribution in [1.29, 1.82) is 0 Å². The first-order chi connectivity index (χ1) is 19.9. The number of aliphatic carboxylic acids is 1. The zero-order valence-electron chi connectivity index (χ0n) is 24.8. The number of alkyl carbamates (subject to hydrolysis) is 1. The Hall–Kier alpha value is -3.89. The van der Waals surface area contributed by atoms with Crippen molar-refractivity contribution in [3.05, 3.63) is 48.0 Å². The molecule has 2 fully saturated rings. The molecule has 1 saturated carbocycles. The van der Waals surface area contributed by atoms with Gasteiger partial charge in [0.05, 0.1) is 12.3 Å². The maximum atomic E-state index is 14.0. The molecule has 11 nitrogen and oxygen atoms in total. The van der Waals surface area contributed by atoms with E-state index in [1.807, 2.05) is 42.5 Å². The van der Waals surface area contributed by atoms with E-state index in [0.717, 1.165) is 24.8 Å². The topological polar surface area (TPSA) is 147 Å². The summed E-state index contributed by atoms with van der Waals surface area (Å²) >= 11 is 0. The lowest BCUT2D eigenvalue weighted by atomic mass is 10.0. The fourth-order valence-corrected chi connectivity index (χ4v) is 5.47. The van der Waals surface area contributed by atoms with Gasteiger partial charge in [-0.15, -0.1) is 0 Å². The van der Waals surface area contributed by atoms with E-state index in [1.165, 1.54) is 4.90 Å². The van der Waals surface area contributed by atoms with E-state index in [9.17, 15) is 24.3 Å². The number of hydrogen-bond acceptors (Lipinski definition) is 7. The van der Waals surface area contributed by atoms with Crippen LogP contribution in [0.3, 0.4) is 0 Å². The number of carboxylic acid groups (broad SMARTS) is 1. The number of carboxylic acids is 1. The summed E-state index contributed by atoms with van der Waals surface area (Å²) in [5.41, 5.74) is -0.651. The SMILES string of the molecule is C/C(=N\O[C@@H]1C[C@H]2C(=O)N[C@]3(C(=O)O)CC3/C=C\CCCCC[C@H](NC(=O)OC(C)(C)C)C(=O)N2C1)c1ccccc1. The molecule has 42 heavy (non-hydrogen) atoms. The van der Waals surface area contributed by atoms with E-state index in [0.29, 0.717) is 18.6 Å². The summed E-state index contributed by atoms with van der Waals surface area (Å²) in [5.74, 6) is -2.43. The Kier molecular flexibility index (Phi) is 9.58. The van der Waals surface area contributed by atoms with Gasteiger partial charge in [0, 0.05) is 12.3 Å². The number of amides is 3. The lowest BCUT2D eigenvalue weighted by molar-refractivity contribution is -0.145. The van der Waals surface area contributed by atoms with E-state index >= 15 is 0 Å². The van der Waals surface area contributed by atoms with Crippen LogP contribution in [0.25, 0.3) is 0 Å². The summed E-state index contributed by atoms with van der Waals surface area (Å²) in [6.45, 7) is 7.07. The number of benzene rings is 1. The summed E-state index contributed by atoms with van der Waals surface area (Å²) in [6.07, 6.45) is 6.37. The summed E-state index contributed by atoms with van der Waals surface area (Å²) in [5, 5.41) is 19.7. The largest absolute Gasteiger partial charge is 0.479 e. The standard InChI is InChI=1S/C31H42N4O7/c1-20(21-13-9-8-10-14-21)34-42-23-17-25-26(36)33-31(28(38)39)18-22(31)15-11-6-5-7-12-16-24(27(37)35(25)19-23)32-29(40)41-30(2,3)4/h8-11,13-15,22-25H,5-7,12,16-19H2,1-4H3,(H,32,40)(H,33,36)(H,38,39)/b15-11-,34-20+/t22?,23-,24+,25+,31-/m1/s1. The predicted molar refractivity (Wildman–Crippen MR) is 156 cm³/mol. The minimum atomic E-state index is -1.41. The first-order valence-electron chi connectivity index (χ1n) is 14.7. The Balaban J connectivity index is 1.59. The van der Waals surface area contributed by atoms with Crippen molar-refractivity contribution in [2.45, 2.75) is 102 Å². The normalized spacial score (nSPS) is 29.6. The predicted octanol–water partition coefficient (Wildman–Crippen LogP) is 3.77. The Morgan fingerprint density at radius 1 is 1.14 bits per heavy atom. The van der Waals surface area contributed by atoms with Crippen molar-refractivity contribution >= 4 is 29.6 Å². The van der Waals surface area contributed by atoms with Gasteiger partial charge >= 0.3 is 12.1 Å². The average Bonchev–Trinajstić information content (AvgIpc) is 3.45. The fourth-order valence-electron chi connectivity index (χ4n) is 5.47. The molecule has 0 bridgehead atoms. The first kappa shape index (κ1) is 31.1. The van der Waals surface area contributed by atoms with E-state index in [2.05, 4.69) is 15.8 Å². The van der Waals surface area contributed by atoms with Crippen LogP contribution >= 0.6 is 0 Å². The summed E-state index contributed by atoms with van der Waals surface area (Å²) in [6, 6.07) is 7.55. The number of nitrogens with zero attached hydrogens (tertiary/aromatic N) is 2. The minimum absolute atomic E-state index is 0.0540. The van der Waals surface area contributed by atoms with Crippen LogP contribution in [0.1, 0.15) is 78.2 Å². The van der Waals surface area contributed by atoms with Gasteiger partial charge in [0.1, 0.15) is 29.3 Å². The van der Waals surface area contributed by atoms with Crippen molar-refractivity contribution in [2.75, 3.05) is 6.54 Å². The smallest absolute Gasteiger partial charge is 0.408 e. The summed E-state index contributed by atoms with van der Waals surface area (Å²) in [4.78, 5) is 59.8. The first-order valence-corrected chi connectivity index (χ1v) is 14.7. The molecule has 3 N–H and O–H groups in total. The van der Waals surface area contributed by atoms with Crippen molar-refractivity contribution < 1.29 is 33.9 Å². The van der Waals surface area contributed by atoms with E-state index < -0.39 is 53.2 Å². The van der Waals surface area contributed by atoms with Crippen LogP contribution in [0, 0.1) is 5.92 Å². The highest BCUT2D eigenvalue weighted by Crippen LogP contribution is 2.45. The molecular formula is C31H42N4O7. The molecule has 1 saturated heterocycles. The molecule has 2 aliphatic heterocycles. The molecule has 11 heteroatoms. The van der Waals surface area contributed by atoms with Crippen LogP contribution in [0.2, 0.25) is 0 Å². The minimum Gasteiger partial charge on any atom is -0.479 e. The number of hydrogen-bond donors (Lipinski definition) is 3. The molecule has 1 aliphatic carbocycles. The maximum absolute atomic E-state index is 14.0. The molecule has 0 aromatic heterocycles. The Labute approximate surface area is 246 Å². The number of ether oxygens (including phenoxy) is 1. The van der Waals surface area contributed by atoms with E-state index in [1.54, 1.807) is 27.7 Å². The van der Waals surface area contributed by atoms with E-state index in [-0.39, 0.29) is 25.3 Å². The van der Waals surface area contributed by atoms with Gasteiger partial charge in [-0.3, -0.25) is 9.59 Å². The molecule has 3 aliphatic rings. The molecule has 1 aromatic carbocycles. The van der Waals surface area contributed by atoms with Crippen LogP contribution in [0.15, 0.2) is 47.6 Å². The van der Waals surface area contributed by atoms with Gasteiger partial charge in [0.2, 0.25) is 11.8 Å². The van der Waals surface area contributed by atoms with Gasteiger partial charge in [0.25, 0.3) is 0 Å². The summed E-state index contributed by atoms with van der Waals surface area (Å²) < 4.78 is 5.42. The van der Waals surface area contributed by atoms with Crippen LogP contribution in [-0.2, 0) is 24.0 Å². The highest BCUT2D eigenvalue weighted by atomic mass is 16.6. The van der Waals surface area contributed by atoms with Gasteiger partial charge in [-0.25, -0.2) is 9.59 Å². The van der Waals surface area contributed by atoms with Gasteiger partial charge in [-0.2, -0.15) is 0 Å². The molecular weight excluding hydrogens is 540 g/mol. The number of carbonyl (C=O) groups excluding carboxylic acids is 3. The van der Waals surface area contributed by atoms with Crippen molar-refractivity contribution in [3.8, 4) is 0 Å². The number of nitrogens with one attached hydrogen (secondary N) is 2. The third-order valence-corrected chi connectivity index (χ3v) is 7.84. The molecule has 1 unspecified atom stereocenters. The zero-order chi connectivity index (χ0) is 30.5. The fraction of sp³-hybridized carbons (Fsp3) is 0.581. The number of rotatable bonds is 5. The lowest BCUT2D eigenvalue weighted by Gasteiger charge is -2.30. The molecule has 0 spiro atoms. The monoisotopic (exact) mass is 582 g/mol. The second kappa shape index (κ2) is 13.0. The highest BCUT2D eigenvalue weighted by Gasteiger charge is 2.61. The van der Waals surface area contributed by atoms with Gasteiger partial charge in [0.15, 0.2) is 0 Å². The molecule has 228 valence electrons. The van der Waals surface area contributed by atoms with E-state index in [4.69, 9.17) is 9.57 Å². The lowest BCUT2D eigenvalue weighted by Crippen LogP contribution is -2.56. The maximum Gasteiger partial charge on any atom is 0.408 e. The van der Waals surface area contributed by atoms with Crippen molar-refractivity contribution in [3.63, 3.8) is 0 Å². The quantitative estimate of drug-likeness (QED) is 0.272. The van der Waals surface area contributed by atoms with Crippen LogP contribution in [0.4, 0.5) is 4.79 Å². The molecule has 0 radical (unpaired) electrons. The zero-order valence-corrected chi connectivity index (χ0v) is 24.8. The van der Waals surface area contributed by atoms with Gasteiger partial charge < -0.3 is 30.2 Å². The van der Waals surface area contributed by atoms with Crippen LogP contribution in [0.5, 0.6) is 0 Å². The number of fused-ring (bicyclic) bond motifs is 2. The third kappa shape index (κ3) is 7.68. The second-order valence-electron chi connectivity index (χ2n) is 12.4. The average molecular weight is 583 g/mol. The Morgan fingerprint density at radius 3 is 2.57 bits per heavy atom. The number of allylic oxidation sites excluding steroid dienone is 1. The highest BCUT2D eigenvalue weighted by molar-refractivity contribution is 5.98. The van der Waals surface area contributed by atoms with Crippen molar-refractivity contribution in [1.82, 2.24) is 15.5 Å². The number of oxime groups is 1. The van der Waals surface area contributed by atoms with Gasteiger partial charge in [-0.1, -0.05) is 60.5 Å². The molecule has 4 rings (SSSR count).